The van der Waals surface area contributed by atoms with Gasteiger partial charge in [0, 0.05) is 29.1 Å². The van der Waals surface area contributed by atoms with Crippen LogP contribution in [0.4, 0.5) is 0 Å². The molecular weight excluding hydrogens is 444 g/mol. The average molecular weight is 467 g/mol. The van der Waals surface area contributed by atoms with Crippen LogP contribution in [-0.2, 0) is 9.84 Å². The summed E-state index contributed by atoms with van der Waals surface area (Å²) in [6.07, 6.45) is 3.25. The van der Waals surface area contributed by atoms with Gasteiger partial charge >= 0.3 is 0 Å². The number of hydrogen-bond acceptors (Lipinski definition) is 8. The van der Waals surface area contributed by atoms with Crippen molar-refractivity contribution in [2.45, 2.75) is 29.9 Å². The molecule has 1 N–H and O–H groups in total. The third kappa shape index (κ3) is 3.99. The summed E-state index contributed by atoms with van der Waals surface area (Å²) in [5, 5.41) is 10.9. The van der Waals surface area contributed by atoms with Crippen molar-refractivity contribution in [3.8, 4) is 34.0 Å². The van der Waals surface area contributed by atoms with Crippen molar-refractivity contribution in [3.05, 3.63) is 59.0 Å². The van der Waals surface area contributed by atoms with Gasteiger partial charge in [-0.15, -0.1) is 0 Å². The zero-order valence-corrected chi connectivity index (χ0v) is 19.1. The molecule has 0 saturated carbocycles. The first kappa shape index (κ1) is 21.0. The summed E-state index contributed by atoms with van der Waals surface area (Å²) in [4.78, 5) is 9.55. The molecule has 0 aliphatic carbocycles. The molecular formula is C23H22N4O3S2. The topological polar surface area (TPSA) is 98.0 Å². The Hall–Kier alpha value is -2.88. The highest BCUT2D eigenvalue weighted by Crippen LogP contribution is 2.30. The van der Waals surface area contributed by atoms with E-state index >= 15 is 0 Å². The lowest BCUT2D eigenvalue weighted by Gasteiger charge is -2.22. The van der Waals surface area contributed by atoms with Gasteiger partial charge in [0.15, 0.2) is 15.6 Å². The molecule has 0 spiro atoms. The summed E-state index contributed by atoms with van der Waals surface area (Å²) in [5.41, 5.74) is 4.52. The molecule has 32 heavy (non-hydrogen) atoms. The Morgan fingerprint density at radius 1 is 1.12 bits per heavy atom. The molecule has 9 heteroatoms. The molecule has 1 aliphatic heterocycles. The van der Waals surface area contributed by atoms with Gasteiger partial charge in [-0.05, 0) is 49.9 Å². The molecule has 1 fully saturated rings. The molecule has 4 aromatic rings. The fourth-order valence-electron chi connectivity index (χ4n) is 3.85. The van der Waals surface area contributed by atoms with Crippen LogP contribution >= 0.6 is 11.3 Å². The Morgan fingerprint density at radius 3 is 2.69 bits per heavy atom. The number of benzene rings is 1. The monoisotopic (exact) mass is 466 g/mol. The lowest BCUT2D eigenvalue weighted by Crippen LogP contribution is -2.38. The second kappa shape index (κ2) is 8.57. The van der Waals surface area contributed by atoms with E-state index < -0.39 is 9.84 Å². The molecule has 1 aromatic carbocycles. The van der Waals surface area contributed by atoms with E-state index in [4.69, 9.17) is 9.51 Å². The number of aryl methyl sites for hydroxylation is 1. The maximum absolute atomic E-state index is 12.9. The van der Waals surface area contributed by atoms with Crippen molar-refractivity contribution in [1.29, 1.82) is 0 Å². The molecule has 0 radical (unpaired) electrons. The van der Waals surface area contributed by atoms with Crippen LogP contribution in [0.1, 0.15) is 18.5 Å². The summed E-state index contributed by atoms with van der Waals surface area (Å²) in [6, 6.07) is 10.7. The van der Waals surface area contributed by atoms with Crippen LogP contribution in [0.5, 0.6) is 0 Å². The van der Waals surface area contributed by atoms with E-state index in [1.165, 1.54) is 0 Å². The van der Waals surface area contributed by atoms with Gasteiger partial charge in [-0.1, -0.05) is 17.3 Å². The zero-order valence-electron chi connectivity index (χ0n) is 17.5. The Kier molecular flexibility index (Phi) is 5.62. The van der Waals surface area contributed by atoms with Gasteiger partial charge in [0.1, 0.15) is 11.4 Å². The molecule has 5 rings (SSSR count). The molecule has 0 amide bonds. The predicted octanol–water partition coefficient (Wildman–Crippen LogP) is 4.36. The maximum atomic E-state index is 12.9. The lowest BCUT2D eigenvalue weighted by atomic mass is 10.1. The van der Waals surface area contributed by atoms with Crippen molar-refractivity contribution in [3.63, 3.8) is 0 Å². The van der Waals surface area contributed by atoms with E-state index in [2.05, 4.69) is 15.5 Å². The van der Waals surface area contributed by atoms with Gasteiger partial charge in [-0.2, -0.15) is 11.3 Å². The maximum Gasteiger partial charge on any atom is 0.187 e. The largest absolute Gasteiger partial charge is 0.354 e. The Labute approximate surface area is 190 Å². The van der Waals surface area contributed by atoms with E-state index in [0.717, 1.165) is 35.5 Å². The number of rotatable bonds is 5. The van der Waals surface area contributed by atoms with Crippen molar-refractivity contribution < 1.29 is 12.9 Å². The molecule has 4 heterocycles. The second-order valence-corrected chi connectivity index (χ2v) is 10.8. The summed E-state index contributed by atoms with van der Waals surface area (Å²) >= 11 is 1.60. The van der Waals surface area contributed by atoms with Crippen LogP contribution in [-0.4, -0.2) is 41.9 Å². The highest BCUT2D eigenvalue weighted by Gasteiger charge is 2.28. The van der Waals surface area contributed by atoms with Gasteiger partial charge in [0.05, 0.1) is 27.7 Å². The first-order valence-electron chi connectivity index (χ1n) is 10.4. The fourth-order valence-corrected chi connectivity index (χ4v) is 6.21. The van der Waals surface area contributed by atoms with E-state index in [9.17, 15) is 8.42 Å². The average Bonchev–Trinajstić information content (AvgIpc) is 3.52. The number of piperidine rings is 1. The fraction of sp³-hybridized carbons (Fsp3) is 0.261. The van der Waals surface area contributed by atoms with Crippen molar-refractivity contribution in [2.24, 2.45) is 0 Å². The highest BCUT2D eigenvalue weighted by atomic mass is 32.2. The first-order chi connectivity index (χ1) is 15.5. The van der Waals surface area contributed by atoms with Crippen molar-refractivity contribution >= 4 is 21.2 Å². The number of sulfone groups is 1. The number of aromatic nitrogens is 3. The third-order valence-electron chi connectivity index (χ3n) is 5.69. The number of hydrogen-bond donors (Lipinski definition) is 1. The lowest BCUT2D eigenvalue weighted by molar-refractivity contribution is 0.433. The predicted molar refractivity (Wildman–Crippen MR) is 124 cm³/mol. The summed E-state index contributed by atoms with van der Waals surface area (Å²) in [7, 11) is -3.36. The van der Waals surface area contributed by atoms with Crippen LogP contribution in [0.15, 0.2) is 62.8 Å². The van der Waals surface area contributed by atoms with Crippen molar-refractivity contribution in [1.82, 2.24) is 20.4 Å². The minimum atomic E-state index is -3.36. The number of nitrogens with zero attached hydrogens (tertiary/aromatic N) is 3. The van der Waals surface area contributed by atoms with Gasteiger partial charge < -0.3 is 9.84 Å². The van der Waals surface area contributed by atoms with Crippen LogP contribution in [0.2, 0.25) is 0 Å². The molecule has 1 aliphatic rings. The minimum absolute atomic E-state index is 0.339. The molecule has 164 valence electrons. The van der Waals surface area contributed by atoms with Crippen LogP contribution < -0.4 is 5.32 Å². The Bertz CT molecular complexity index is 1320. The Morgan fingerprint density at radius 2 is 1.97 bits per heavy atom. The summed E-state index contributed by atoms with van der Waals surface area (Å²) in [5.74, 6) is 0.544. The summed E-state index contributed by atoms with van der Waals surface area (Å²) in [6.45, 7) is 3.24. The quantitative estimate of drug-likeness (QED) is 0.467. The minimum Gasteiger partial charge on any atom is -0.354 e. The number of thiophene rings is 1. The van der Waals surface area contributed by atoms with Gasteiger partial charge in [-0.3, -0.25) is 4.98 Å². The Balaban J connectivity index is 1.43. The zero-order chi connectivity index (χ0) is 22.1. The molecule has 0 bridgehead atoms. The van der Waals surface area contributed by atoms with Gasteiger partial charge in [0.25, 0.3) is 0 Å². The highest BCUT2D eigenvalue weighted by molar-refractivity contribution is 7.92. The summed E-state index contributed by atoms with van der Waals surface area (Å²) < 4.78 is 31.4. The molecule has 3 aromatic heterocycles. The SMILES string of the molecule is Cc1ncc(-c2ccc(S(=O)(=O)C3CCCNC3)cc2)nc1-c1cc(-c2ccsc2)no1. The molecule has 7 nitrogen and oxygen atoms in total. The van der Waals surface area contributed by atoms with E-state index in [1.807, 2.05) is 29.8 Å². The van der Waals surface area contributed by atoms with E-state index in [1.54, 1.807) is 41.8 Å². The normalized spacial score (nSPS) is 16.8. The van der Waals surface area contributed by atoms with Crippen LogP contribution in [0.25, 0.3) is 34.0 Å². The van der Waals surface area contributed by atoms with Crippen LogP contribution in [0, 0.1) is 6.92 Å². The smallest absolute Gasteiger partial charge is 0.187 e. The molecule has 1 atom stereocenters. The van der Waals surface area contributed by atoms with Crippen molar-refractivity contribution in [2.75, 3.05) is 13.1 Å². The molecule has 1 unspecified atom stereocenters. The van der Waals surface area contributed by atoms with Gasteiger partial charge in [-0.25, -0.2) is 13.4 Å². The van der Waals surface area contributed by atoms with Crippen LogP contribution in [0.3, 0.4) is 0 Å². The van der Waals surface area contributed by atoms with E-state index in [-0.39, 0.29) is 5.25 Å². The first-order valence-corrected chi connectivity index (χ1v) is 12.9. The number of nitrogens with one attached hydrogen (secondary N) is 1. The van der Waals surface area contributed by atoms with E-state index in [0.29, 0.717) is 35.0 Å². The van der Waals surface area contributed by atoms with Gasteiger partial charge in [0.2, 0.25) is 0 Å². The molecule has 1 saturated heterocycles. The standard InChI is InChI=1S/C23H22N4O3S2/c1-15-23(22-11-20(27-30-22)17-8-10-31-14-17)26-21(13-25-15)16-4-6-18(7-5-16)32(28,29)19-3-2-9-24-12-19/h4-8,10-11,13-14,19,24H,2-3,9,12H2,1H3. The second-order valence-electron chi connectivity index (χ2n) is 7.82. The third-order valence-corrected chi connectivity index (χ3v) is 8.58.